The summed E-state index contributed by atoms with van der Waals surface area (Å²) in [4.78, 5) is 4.60. The number of nitrogens with zero attached hydrogens (tertiary/aromatic N) is 3. The van der Waals surface area contributed by atoms with Gasteiger partial charge in [0.2, 0.25) is 0 Å². The summed E-state index contributed by atoms with van der Waals surface area (Å²) >= 11 is 0. The van der Waals surface area contributed by atoms with Crippen LogP contribution >= 0.6 is 0 Å². The van der Waals surface area contributed by atoms with Gasteiger partial charge in [0.05, 0.1) is 17.1 Å². The minimum atomic E-state index is 0.268. The average molecular weight is 248 g/mol. The fourth-order valence-corrected chi connectivity index (χ4v) is 2.20. The van der Waals surface area contributed by atoms with Gasteiger partial charge in [0, 0.05) is 11.3 Å². The smallest absolute Gasteiger partial charge is 0.142 e. The Morgan fingerprint density at radius 3 is 2.79 bits per heavy atom. The van der Waals surface area contributed by atoms with Crippen LogP contribution < -0.4 is 5.73 Å². The van der Waals surface area contributed by atoms with Crippen molar-refractivity contribution < 1.29 is 0 Å². The highest BCUT2D eigenvalue weighted by Gasteiger charge is 2.11. The maximum atomic E-state index is 9.00. The van der Waals surface area contributed by atoms with E-state index in [1.807, 2.05) is 53.1 Å². The zero-order chi connectivity index (χ0) is 13.2. The molecule has 0 spiro atoms. The highest BCUT2D eigenvalue weighted by Crippen LogP contribution is 2.25. The summed E-state index contributed by atoms with van der Waals surface area (Å²) < 4.78 is 1.91. The van der Waals surface area contributed by atoms with Gasteiger partial charge in [0.25, 0.3) is 0 Å². The number of anilines is 1. The van der Waals surface area contributed by atoms with Crippen molar-refractivity contribution >= 4 is 16.7 Å². The zero-order valence-corrected chi connectivity index (χ0v) is 10.2. The first kappa shape index (κ1) is 11.3. The van der Waals surface area contributed by atoms with Crippen molar-refractivity contribution in [3.8, 4) is 17.5 Å². The van der Waals surface area contributed by atoms with Crippen molar-refractivity contribution in [2.24, 2.45) is 0 Å². The Balaban J connectivity index is 2.28. The van der Waals surface area contributed by atoms with Crippen molar-refractivity contribution in [1.82, 2.24) is 9.55 Å². The third-order valence-corrected chi connectivity index (χ3v) is 3.03. The first-order chi connectivity index (χ1) is 9.29. The summed E-state index contributed by atoms with van der Waals surface area (Å²) in [6, 6.07) is 17.5. The van der Waals surface area contributed by atoms with Crippen LogP contribution in [0.5, 0.6) is 0 Å². The summed E-state index contributed by atoms with van der Waals surface area (Å²) in [7, 11) is 0. The molecule has 0 amide bonds. The second kappa shape index (κ2) is 4.46. The number of benzene rings is 2. The summed E-state index contributed by atoms with van der Waals surface area (Å²) in [6.07, 6.45) is 0. The van der Waals surface area contributed by atoms with Gasteiger partial charge >= 0.3 is 0 Å². The van der Waals surface area contributed by atoms with Crippen molar-refractivity contribution in [1.29, 1.82) is 5.26 Å². The Hall–Kier alpha value is -2.80. The molecule has 0 atom stereocenters. The van der Waals surface area contributed by atoms with E-state index >= 15 is 0 Å². The summed E-state index contributed by atoms with van der Waals surface area (Å²) in [5.74, 6) is 0.773. The van der Waals surface area contributed by atoms with Gasteiger partial charge in [-0.25, -0.2) is 4.98 Å². The lowest BCUT2D eigenvalue weighted by atomic mass is 10.2. The quantitative estimate of drug-likeness (QED) is 0.709. The molecule has 0 fully saturated rings. The third-order valence-electron chi connectivity index (χ3n) is 3.03. The molecule has 0 aliphatic carbocycles. The van der Waals surface area contributed by atoms with Crippen molar-refractivity contribution in [3.05, 3.63) is 48.5 Å². The number of hydrogen-bond acceptors (Lipinski definition) is 3. The number of nitriles is 1. The Morgan fingerprint density at radius 2 is 2.00 bits per heavy atom. The van der Waals surface area contributed by atoms with Gasteiger partial charge in [-0.05, 0) is 24.3 Å². The molecule has 1 aromatic heterocycles. The number of imidazole rings is 1. The van der Waals surface area contributed by atoms with E-state index in [9.17, 15) is 0 Å². The molecule has 4 heteroatoms. The lowest BCUT2D eigenvalue weighted by Gasteiger charge is -2.05. The van der Waals surface area contributed by atoms with E-state index in [-0.39, 0.29) is 6.54 Å². The normalized spacial score (nSPS) is 10.5. The van der Waals surface area contributed by atoms with Crippen LogP contribution in [0, 0.1) is 11.3 Å². The van der Waals surface area contributed by atoms with Crippen LogP contribution in [0.2, 0.25) is 0 Å². The second-order valence-corrected chi connectivity index (χ2v) is 4.29. The fraction of sp³-hybridized carbons (Fsp3) is 0.0667. The monoisotopic (exact) mass is 248 g/mol. The number of aromatic nitrogens is 2. The molecule has 0 unspecified atom stereocenters. The molecule has 0 saturated carbocycles. The Labute approximate surface area is 110 Å². The van der Waals surface area contributed by atoms with Gasteiger partial charge in [-0.3, -0.25) is 0 Å². The highest BCUT2D eigenvalue weighted by molar-refractivity contribution is 5.81. The molecule has 19 heavy (non-hydrogen) atoms. The zero-order valence-electron chi connectivity index (χ0n) is 10.2. The highest BCUT2D eigenvalue weighted by atomic mass is 15.1. The second-order valence-electron chi connectivity index (χ2n) is 4.29. The van der Waals surface area contributed by atoms with E-state index in [0.717, 1.165) is 22.4 Å². The summed E-state index contributed by atoms with van der Waals surface area (Å²) in [5.41, 5.74) is 9.27. The van der Waals surface area contributed by atoms with Crippen LogP contribution in [0.25, 0.3) is 22.4 Å². The van der Waals surface area contributed by atoms with Gasteiger partial charge in [-0.1, -0.05) is 24.3 Å². The lowest BCUT2D eigenvalue weighted by molar-refractivity contribution is 0.870. The molecule has 0 aliphatic heterocycles. The van der Waals surface area contributed by atoms with Crippen LogP contribution in [0.4, 0.5) is 5.69 Å². The SMILES string of the molecule is N#CCn1c(-c2cccc(N)c2)nc2ccccc21. The van der Waals surface area contributed by atoms with Crippen LogP contribution in [0.3, 0.4) is 0 Å². The number of nitrogen functional groups attached to an aromatic ring is 1. The predicted octanol–water partition coefficient (Wildman–Crippen LogP) is 2.81. The number of rotatable bonds is 2. The van der Waals surface area contributed by atoms with Gasteiger partial charge in [0.15, 0.2) is 0 Å². The minimum Gasteiger partial charge on any atom is -0.399 e. The van der Waals surface area contributed by atoms with Gasteiger partial charge < -0.3 is 10.3 Å². The van der Waals surface area contributed by atoms with Crippen molar-refractivity contribution in [2.45, 2.75) is 6.54 Å². The molecular weight excluding hydrogens is 236 g/mol. The van der Waals surface area contributed by atoms with Crippen LogP contribution in [-0.2, 0) is 6.54 Å². The minimum absolute atomic E-state index is 0.268. The topological polar surface area (TPSA) is 67.6 Å². The van der Waals surface area contributed by atoms with Gasteiger partial charge in [0.1, 0.15) is 12.4 Å². The number of nitrogens with two attached hydrogens (primary N) is 1. The van der Waals surface area contributed by atoms with E-state index < -0.39 is 0 Å². The molecule has 0 bridgehead atoms. The Bertz CT molecular complexity index is 780. The number of para-hydroxylation sites is 2. The molecule has 92 valence electrons. The van der Waals surface area contributed by atoms with E-state index in [0.29, 0.717) is 5.69 Å². The van der Waals surface area contributed by atoms with Gasteiger partial charge in [-0.2, -0.15) is 5.26 Å². The largest absolute Gasteiger partial charge is 0.399 e. The summed E-state index contributed by atoms with van der Waals surface area (Å²) in [6.45, 7) is 0.268. The van der Waals surface area contributed by atoms with Gasteiger partial charge in [-0.15, -0.1) is 0 Å². The molecule has 4 nitrogen and oxygen atoms in total. The molecule has 0 saturated heterocycles. The first-order valence-corrected chi connectivity index (χ1v) is 5.98. The maximum absolute atomic E-state index is 9.00. The van der Waals surface area contributed by atoms with Crippen LogP contribution in [-0.4, -0.2) is 9.55 Å². The average Bonchev–Trinajstić information content (AvgIpc) is 2.79. The maximum Gasteiger partial charge on any atom is 0.142 e. The molecular formula is C15H12N4. The van der Waals surface area contributed by atoms with E-state index in [2.05, 4.69) is 11.1 Å². The third kappa shape index (κ3) is 1.91. The van der Waals surface area contributed by atoms with E-state index in [1.54, 1.807) is 0 Å². The fourth-order valence-electron chi connectivity index (χ4n) is 2.20. The molecule has 0 aliphatic rings. The van der Waals surface area contributed by atoms with Crippen molar-refractivity contribution in [3.63, 3.8) is 0 Å². The van der Waals surface area contributed by atoms with E-state index in [4.69, 9.17) is 11.0 Å². The lowest BCUT2D eigenvalue weighted by Crippen LogP contribution is -1.99. The Kier molecular flexibility index (Phi) is 2.66. The predicted molar refractivity (Wildman–Crippen MR) is 75.2 cm³/mol. The molecule has 2 aromatic carbocycles. The number of fused-ring (bicyclic) bond motifs is 1. The van der Waals surface area contributed by atoms with Crippen LogP contribution in [0.1, 0.15) is 0 Å². The van der Waals surface area contributed by atoms with E-state index in [1.165, 1.54) is 0 Å². The molecule has 3 rings (SSSR count). The molecule has 0 radical (unpaired) electrons. The van der Waals surface area contributed by atoms with Crippen LogP contribution in [0.15, 0.2) is 48.5 Å². The van der Waals surface area contributed by atoms with Crippen molar-refractivity contribution in [2.75, 3.05) is 5.73 Å². The molecule has 3 aromatic rings. The summed E-state index contributed by atoms with van der Waals surface area (Å²) in [5, 5.41) is 9.00. The standard InChI is InChI=1S/C15H12N4/c16-8-9-19-14-7-2-1-6-13(14)18-15(19)11-4-3-5-12(17)10-11/h1-7,10H,9,17H2. The molecule has 1 heterocycles. The Morgan fingerprint density at radius 1 is 1.16 bits per heavy atom. The molecule has 2 N–H and O–H groups in total. The first-order valence-electron chi connectivity index (χ1n) is 5.98. The number of hydrogen-bond donors (Lipinski definition) is 1.